The van der Waals surface area contributed by atoms with E-state index in [2.05, 4.69) is 8.83 Å². The average molecular weight is 509 g/mol. The van der Waals surface area contributed by atoms with Crippen LogP contribution in [0.1, 0.15) is 0 Å². The van der Waals surface area contributed by atoms with Crippen LogP contribution >= 0.6 is 28.1 Å². The van der Waals surface area contributed by atoms with Crippen LogP contribution in [0.3, 0.4) is 0 Å². The van der Waals surface area contributed by atoms with Gasteiger partial charge in [0, 0.05) is 0 Å². The van der Waals surface area contributed by atoms with Gasteiger partial charge in [-0.3, -0.25) is 4.89 Å². The van der Waals surface area contributed by atoms with Gasteiger partial charge in [-0.1, -0.05) is 0 Å². The van der Waals surface area contributed by atoms with E-state index in [1.54, 1.807) is 0 Å². The quantitative estimate of drug-likeness (QED) is 0.217. The van der Waals surface area contributed by atoms with Gasteiger partial charge < -0.3 is 19.4 Å². The van der Waals surface area contributed by atoms with Gasteiger partial charge >= 0.3 is 262 Å². The van der Waals surface area contributed by atoms with Crippen molar-refractivity contribution in [3.8, 4) is 0 Å². The number of hydrogen-bond donors (Lipinski definition) is 4. The molecule has 0 rings (SSSR count). The number of phosphoric ester groups is 1. The van der Waals surface area contributed by atoms with Crippen molar-refractivity contribution in [3.05, 3.63) is 0 Å². The molecule has 0 spiro atoms. The molecule has 102 valence electrons. The summed E-state index contributed by atoms with van der Waals surface area (Å²) in [6.07, 6.45) is -2.19. The second kappa shape index (κ2) is 25.8. The minimum absolute atomic E-state index is 0. The van der Waals surface area contributed by atoms with Crippen LogP contribution in [0.2, 0.25) is 0 Å². The van der Waals surface area contributed by atoms with Crippen LogP contribution in [-0.4, -0.2) is 266 Å². The van der Waals surface area contributed by atoms with Gasteiger partial charge in [0.25, 0.3) is 0 Å². The molecular weight excluding hydrogens is 493 g/mol. The molecule has 0 fully saturated rings. The second-order valence-electron chi connectivity index (χ2n) is 1.40. The van der Waals surface area contributed by atoms with Crippen LogP contribution in [0.25, 0.3) is 0 Å². The van der Waals surface area contributed by atoms with Crippen molar-refractivity contribution in [2.24, 2.45) is 0 Å². The molecule has 0 aromatic heterocycles. The Morgan fingerprint density at radius 3 is 1.32 bits per heavy atom. The van der Waals surface area contributed by atoms with E-state index in [4.69, 9.17) is 19.8 Å². The molecule has 9 nitrogen and oxygen atoms in total. The number of rotatable bonds is 3. The maximum absolute atomic E-state index is 10.3. The Labute approximate surface area is 307 Å². The van der Waals surface area contributed by atoms with Crippen molar-refractivity contribution in [2.75, 3.05) is 0 Å². The van der Waals surface area contributed by atoms with Crippen LogP contribution in [0.5, 0.6) is 0 Å². The van der Waals surface area contributed by atoms with Gasteiger partial charge in [-0.25, -0.2) is 13.9 Å². The summed E-state index contributed by atoms with van der Waals surface area (Å²) in [7, 11) is -10.5. The topological polar surface area (TPSA) is 151 Å². The van der Waals surface area contributed by atoms with Crippen molar-refractivity contribution in [2.45, 2.75) is 0 Å². The van der Waals surface area contributed by atoms with Gasteiger partial charge in [-0.15, -0.1) is 12.4 Å². The molecule has 0 aliphatic carbocycles. The first-order valence-corrected chi connectivity index (χ1v) is 5.17. The number of hydrogen-bond acceptors (Lipinski definition) is 5. The van der Waals surface area contributed by atoms with Crippen LogP contribution in [-0.2, 0) is 18.0 Å². The Bertz CT molecular complexity index is 286. The third kappa shape index (κ3) is 41.3. The van der Waals surface area contributed by atoms with Gasteiger partial charge in [0.15, 0.2) is 0 Å². The minimum atomic E-state index is -5.24. The SMILES string of the molecule is Cl.O=C(O)OP(=O)(O)OP(=O)(O)O.[CaH2].[CaH2].[CaH2].[CaH2].[CaH2].[KH]. The first kappa shape index (κ1) is 50.5. The number of phosphoric acid groups is 2. The molecule has 0 aliphatic heterocycles. The molecule has 19 heavy (non-hydrogen) atoms. The number of halogens is 1. The third-order valence-electron chi connectivity index (χ3n) is 0.403. The van der Waals surface area contributed by atoms with E-state index in [1.165, 1.54) is 0 Å². The molecule has 0 saturated carbocycles. The van der Waals surface area contributed by atoms with Crippen molar-refractivity contribution in [1.82, 2.24) is 0 Å². The zero-order chi connectivity index (χ0) is 9.99. The Morgan fingerprint density at radius 2 is 1.16 bits per heavy atom. The van der Waals surface area contributed by atoms with Crippen LogP contribution in [0.4, 0.5) is 4.79 Å². The van der Waals surface area contributed by atoms with Crippen molar-refractivity contribution in [3.63, 3.8) is 0 Å². The van der Waals surface area contributed by atoms with Crippen molar-refractivity contribution in [1.29, 1.82) is 0 Å². The van der Waals surface area contributed by atoms with E-state index < -0.39 is 21.8 Å². The van der Waals surface area contributed by atoms with E-state index in [0.29, 0.717) is 0 Å². The molecule has 0 aliphatic rings. The van der Waals surface area contributed by atoms with Gasteiger partial charge in [-0.2, -0.15) is 4.31 Å². The molecule has 0 radical (unpaired) electrons. The predicted octanol–water partition coefficient (Wildman–Crippen LogP) is -4.92. The van der Waals surface area contributed by atoms with E-state index in [-0.39, 0.29) is 252 Å². The van der Waals surface area contributed by atoms with Crippen molar-refractivity contribution >= 4 is 274 Å². The molecule has 1 unspecified atom stereocenters. The summed E-state index contributed by atoms with van der Waals surface area (Å²) in [5.74, 6) is 0. The molecule has 0 bridgehead atoms. The fraction of sp³-hybridized carbons (Fsp3) is 0. The summed E-state index contributed by atoms with van der Waals surface area (Å²) in [6, 6.07) is 0. The number of carboxylic acid groups (broad SMARTS) is 1. The van der Waals surface area contributed by atoms with E-state index >= 15 is 0 Å². The summed E-state index contributed by atoms with van der Waals surface area (Å²) in [4.78, 5) is 33.8. The van der Waals surface area contributed by atoms with Gasteiger partial charge in [0.2, 0.25) is 0 Å². The molecule has 0 saturated heterocycles. The molecule has 18 heteroatoms. The zero-order valence-corrected chi connectivity index (χ0v) is 8.24. The normalized spacial score (nSPS) is 10.5. The van der Waals surface area contributed by atoms with Crippen LogP contribution in [0.15, 0.2) is 0 Å². The zero-order valence-electron chi connectivity index (χ0n) is 5.63. The molecule has 4 N–H and O–H groups in total. The fourth-order valence-corrected chi connectivity index (χ4v) is 1.66. The molecular formula is CH16Ca5ClKO9P2. The Balaban J connectivity index is -0.0000000288. The summed E-state index contributed by atoms with van der Waals surface area (Å²) in [6.45, 7) is 0. The average Bonchev–Trinajstić information content (AvgIpc) is 1.48. The monoisotopic (exact) mass is 508 g/mol. The summed E-state index contributed by atoms with van der Waals surface area (Å²) < 4.78 is 26.4. The molecule has 1 atom stereocenters. The van der Waals surface area contributed by atoms with Crippen molar-refractivity contribution < 1.29 is 42.5 Å². The third-order valence-corrected chi connectivity index (χ3v) is 2.47. The predicted molar refractivity (Wildman–Crippen MR) is 89.2 cm³/mol. The van der Waals surface area contributed by atoms with Gasteiger partial charge in [0.1, 0.15) is 0 Å². The Kier molecular flexibility index (Phi) is 68.5. The Morgan fingerprint density at radius 1 is 0.895 bits per heavy atom. The maximum atomic E-state index is 10.3. The summed E-state index contributed by atoms with van der Waals surface area (Å²) in [5, 5.41) is 7.76. The van der Waals surface area contributed by atoms with Gasteiger partial charge in [0.05, 0.1) is 0 Å². The van der Waals surface area contributed by atoms with E-state index in [1.807, 2.05) is 0 Å². The summed E-state index contributed by atoms with van der Waals surface area (Å²) >= 11 is 0. The van der Waals surface area contributed by atoms with E-state index in [0.717, 1.165) is 0 Å². The second-order valence-corrected chi connectivity index (χ2v) is 4.15. The standard InChI is InChI=1S/CH4O9P2.5Ca.ClH.K.11H/c2-1(3)9-12(7,8)10-11(4,5)6;;;;;;;;;;;;;;;;;;/h(H,2,3)(H,7,8)(H2,4,5,6);;;;;;1H;;;;;;;;;;;;. The Hall–Kier alpha value is 7.80. The first-order chi connectivity index (χ1) is 5.12. The molecule has 0 heterocycles. The molecule has 0 aromatic carbocycles. The molecule has 0 amide bonds. The first-order valence-electron chi connectivity index (χ1n) is 2.14. The molecule has 0 aromatic rings. The van der Waals surface area contributed by atoms with Crippen LogP contribution < -0.4 is 0 Å². The van der Waals surface area contributed by atoms with Crippen LogP contribution in [0, 0.1) is 0 Å². The fourth-order valence-electron chi connectivity index (χ4n) is 0.250. The summed E-state index contributed by atoms with van der Waals surface area (Å²) in [5.41, 5.74) is 0. The van der Waals surface area contributed by atoms with E-state index in [9.17, 15) is 13.9 Å². The number of carbonyl (C=O) groups is 1. The van der Waals surface area contributed by atoms with Gasteiger partial charge in [-0.05, 0) is 0 Å².